The molecule has 0 aromatic heterocycles. The van der Waals surface area contributed by atoms with Gasteiger partial charge >= 0.3 is 0 Å². The summed E-state index contributed by atoms with van der Waals surface area (Å²) in [7, 11) is 0. The molecule has 1 N–H and O–H groups in total. The molecule has 1 unspecified atom stereocenters. The van der Waals surface area contributed by atoms with Crippen molar-refractivity contribution in [3.8, 4) is 0 Å². The molecule has 1 heteroatoms. The molecular formula is C17H27N. The highest BCUT2D eigenvalue weighted by atomic mass is 15.0. The summed E-state index contributed by atoms with van der Waals surface area (Å²) in [5.74, 6) is 0. The second-order valence-electron chi connectivity index (χ2n) is 5.70. The maximum atomic E-state index is 3.91. The Labute approximate surface area is 112 Å². The van der Waals surface area contributed by atoms with Gasteiger partial charge in [0.1, 0.15) is 0 Å². The third kappa shape index (κ3) is 3.58. The van der Waals surface area contributed by atoms with Crippen LogP contribution in [0.4, 0.5) is 0 Å². The van der Waals surface area contributed by atoms with Crippen molar-refractivity contribution in [2.75, 3.05) is 0 Å². The van der Waals surface area contributed by atoms with E-state index in [2.05, 4.69) is 43.4 Å². The van der Waals surface area contributed by atoms with Crippen LogP contribution in [0, 0.1) is 6.92 Å². The SMILES string of the molecule is CCCC(NC1CCCCC1)c1ccccc1C. The highest BCUT2D eigenvalue weighted by Crippen LogP contribution is 2.26. The summed E-state index contributed by atoms with van der Waals surface area (Å²) in [5.41, 5.74) is 2.93. The Morgan fingerprint density at radius 3 is 2.56 bits per heavy atom. The third-order valence-electron chi connectivity index (χ3n) is 4.18. The van der Waals surface area contributed by atoms with Crippen molar-refractivity contribution >= 4 is 0 Å². The van der Waals surface area contributed by atoms with Gasteiger partial charge in [-0.15, -0.1) is 0 Å². The quantitative estimate of drug-likeness (QED) is 0.788. The van der Waals surface area contributed by atoms with Gasteiger partial charge in [0.25, 0.3) is 0 Å². The average Bonchev–Trinajstić information content (AvgIpc) is 2.40. The van der Waals surface area contributed by atoms with Gasteiger partial charge in [-0.3, -0.25) is 0 Å². The van der Waals surface area contributed by atoms with E-state index in [0.717, 1.165) is 6.04 Å². The molecule has 1 aliphatic carbocycles. The molecule has 1 aromatic carbocycles. The summed E-state index contributed by atoms with van der Waals surface area (Å²) in [6.45, 7) is 4.52. The molecule has 1 fully saturated rings. The summed E-state index contributed by atoms with van der Waals surface area (Å²) in [6, 6.07) is 10.1. The third-order valence-corrected chi connectivity index (χ3v) is 4.18. The molecule has 0 heterocycles. The molecular weight excluding hydrogens is 218 g/mol. The van der Waals surface area contributed by atoms with Gasteiger partial charge in [0.05, 0.1) is 0 Å². The normalized spacial score (nSPS) is 18.8. The Morgan fingerprint density at radius 2 is 1.89 bits per heavy atom. The lowest BCUT2D eigenvalue weighted by Crippen LogP contribution is -2.34. The summed E-state index contributed by atoms with van der Waals surface area (Å²) in [5, 5.41) is 3.91. The van der Waals surface area contributed by atoms with E-state index >= 15 is 0 Å². The summed E-state index contributed by atoms with van der Waals surface area (Å²) in [6.07, 6.45) is 9.48. The summed E-state index contributed by atoms with van der Waals surface area (Å²) < 4.78 is 0. The fraction of sp³-hybridized carbons (Fsp3) is 0.647. The highest BCUT2D eigenvalue weighted by Gasteiger charge is 2.19. The second kappa shape index (κ2) is 6.94. The van der Waals surface area contributed by atoms with Crippen molar-refractivity contribution in [3.63, 3.8) is 0 Å². The van der Waals surface area contributed by atoms with Crippen LogP contribution in [0.2, 0.25) is 0 Å². The lowest BCUT2D eigenvalue weighted by molar-refractivity contribution is 0.328. The van der Waals surface area contributed by atoms with E-state index < -0.39 is 0 Å². The number of benzene rings is 1. The Balaban J connectivity index is 2.05. The van der Waals surface area contributed by atoms with Gasteiger partial charge in [0, 0.05) is 12.1 Å². The molecule has 0 radical (unpaired) electrons. The van der Waals surface area contributed by atoms with Gasteiger partial charge in [-0.05, 0) is 37.3 Å². The predicted molar refractivity (Wildman–Crippen MR) is 78.8 cm³/mol. The first-order valence-electron chi connectivity index (χ1n) is 7.63. The zero-order valence-electron chi connectivity index (χ0n) is 11.9. The number of hydrogen-bond acceptors (Lipinski definition) is 1. The number of nitrogens with one attached hydrogen (secondary N) is 1. The maximum Gasteiger partial charge on any atom is 0.0325 e. The molecule has 1 aliphatic rings. The van der Waals surface area contributed by atoms with Crippen LogP contribution in [-0.2, 0) is 0 Å². The molecule has 100 valence electrons. The molecule has 1 saturated carbocycles. The van der Waals surface area contributed by atoms with Crippen LogP contribution >= 0.6 is 0 Å². The highest BCUT2D eigenvalue weighted by molar-refractivity contribution is 5.28. The number of rotatable bonds is 5. The van der Waals surface area contributed by atoms with Crippen LogP contribution in [0.5, 0.6) is 0 Å². The van der Waals surface area contributed by atoms with Gasteiger partial charge in [-0.2, -0.15) is 0 Å². The van der Waals surface area contributed by atoms with Crippen molar-refractivity contribution < 1.29 is 0 Å². The van der Waals surface area contributed by atoms with Crippen molar-refractivity contribution in [3.05, 3.63) is 35.4 Å². The minimum atomic E-state index is 0.555. The van der Waals surface area contributed by atoms with E-state index in [1.54, 1.807) is 0 Å². The lowest BCUT2D eigenvalue weighted by atomic mass is 9.92. The van der Waals surface area contributed by atoms with Crippen molar-refractivity contribution in [1.29, 1.82) is 0 Å². The van der Waals surface area contributed by atoms with E-state index in [1.165, 1.54) is 56.1 Å². The van der Waals surface area contributed by atoms with E-state index in [1.807, 2.05) is 0 Å². The summed E-state index contributed by atoms with van der Waals surface area (Å²) >= 11 is 0. The topological polar surface area (TPSA) is 12.0 Å². The predicted octanol–water partition coefficient (Wildman–Crippen LogP) is 4.76. The molecule has 1 nitrogen and oxygen atoms in total. The van der Waals surface area contributed by atoms with Gasteiger partial charge in [-0.25, -0.2) is 0 Å². The molecule has 0 bridgehead atoms. The first kappa shape index (κ1) is 13.6. The Kier molecular flexibility index (Phi) is 5.25. The largest absolute Gasteiger partial charge is 0.307 e. The van der Waals surface area contributed by atoms with Gasteiger partial charge in [0.2, 0.25) is 0 Å². The molecule has 18 heavy (non-hydrogen) atoms. The van der Waals surface area contributed by atoms with Crippen LogP contribution in [-0.4, -0.2) is 6.04 Å². The molecule has 0 amide bonds. The zero-order valence-corrected chi connectivity index (χ0v) is 11.9. The molecule has 2 rings (SSSR count). The number of aryl methyl sites for hydroxylation is 1. The van der Waals surface area contributed by atoms with Gasteiger partial charge < -0.3 is 5.32 Å². The number of hydrogen-bond donors (Lipinski definition) is 1. The Bertz CT molecular complexity index is 352. The average molecular weight is 245 g/mol. The van der Waals surface area contributed by atoms with Crippen molar-refractivity contribution in [1.82, 2.24) is 5.32 Å². The maximum absolute atomic E-state index is 3.91. The van der Waals surface area contributed by atoms with E-state index in [9.17, 15) is 0 Å². The molecule has 0 saturated heterocycles. The minimum Gasteiger partial charge on any atom is -0.307 e. The van der Waals surface area contributed by atoms with E-state index in [0.29, 0.717) is 6.04 Å². The lowest BCUT2D eigenvalue weighted by Gasteiger charge is -2.29. The molecule has 0 spiro atoms. The van der Waals surface area contributed by atoms with Crippen LogP contribution in [0.3, 0.4) is 0 Å². The fourth-order valence-corrected chi connectivity index (χ4v) is 3.15. The Hall–Kier alpha value is -0.820. The van der Waals surface area contributed by atoms with Gasteiger partial charge in [-0.1, -0.05) is 56.9 Å². The van der Waals surface area contributed by atoms with Crippen LogP contribution < -0.4 is 5.32 Å². The van der Waals surface area contributed by atoms with E-state index in [-0.39, 0.29) is 0 Å². The first-order valence-corrected chi connectivity index (χ1v) is 7.63. The standard InChI is InChI=1S/C17H27N/c1-3-9-17(16-13-8-7-10-14(16)2)18-15-11-5-4-6-12-15/h7-8,10,13,15,17-18H,3-6,9,11-12H2,1-2H3. The van der Waals surface area contributed by atoms with E-state index in [4.69, 9.17) is 0 Å². The molecule has 0 aliphatic heterocycles. The molecule has 1 aromatic rings. The first-order chi connectivity index (χ1) is 8.81. The molecule has 1 atom stereocenters. The fourth-order valence-electron chi connectivity index (χ4n) is 3.15. The van der Waals surface area contributed by atoms with Crippen LogP contribution in [0.15, 0.2) is 24.3 Å². The monoisotopic (exact) mass is 245 g/mol. The second-order valence-corrected chi connectivity index (χ2v) is 5.70. The van der Waals surface area contributed by atoms with Crippen LogP contribution in [0.25, 0.3) is 0 Å². The smallest absolute Gasteiger partial charge is 0.0325 e. The van der Waals surface area contributed by atoms with Gasteiger partial charge in [0.15, 0.2) is 0 Å². The Morgan fingerprint density at radius 1 is 1.17 bits per heavy atom. The minimum absolute atomic E-state index is 0.555. The zero-order chi connectivity index (χ0) is 12.8. The van der Waals surface area contributed by atoms with Crippen LogP contribution in [0.1, 0.15) is 69.0 Å². The van der Waals surface area contributed by atoms with Crippen molar-refractivity contribution in [2.24, 2.45) is 0 Å². The van der Waals surface area contributed by atoms with Crippen molar-refractivity contribution in [2.45, 2.75) is 70.9 Å². The summed E-state index contributed by atoms with van der Waals surface area (Å²) in [4.78, 5) is 0.